The standard InChI is InChI=1S/C25H36O6/c1-15(2)25(27)11-10-24(4)9-8-16(3)12-20(22(24)25)31-23(26)17-13-18(28-5)21(30-7)19(14-17)29-6/h8,13-15,20,22,27H,9-12H2,1-7H3/t20-,22+,24-,25+/m1/s1. The molecule has 172 valence electrons. The molecule has 0 spiro atoms. The maximum absolute atomic E-state index is 13.3. The summed E-state index contributed by atoms with van der Waals surface area (Å²) >= 11 is 0. The number of hydrogen-bond acceptors (Lipinski definition) is 6. The normalized spacial score (nSPS) is 30.3. The predicted molar refractivity (Wildman–Crippen MR) is 119 cm³/mol. The fourth-order valence-electron chi connectivity index (χ4n) is 5.49. The highest BCUT2D eigenvalue weighted by molar-refractivity contribution is 5.91. The zero-order valence-electron chi connectivity index (χ0n) is 19.8. The summed E-state index contributed by atoms with van der Waals surface area (Å²) < 4.78 is 22.3. The molecule has 3 rings (SSSR count). The first-order valence-electron chi connectivity index (χ1n) is 11.0. The molecular weight excluding hydrogens is 396 g/mol. The Labute approximate surface area is 185 Å². The van der Waals surface area contributed by atoms with Gasteiger partial charge in [-0.15, -0.1) is 0 Å². The highest BCUT2D eigenvalue weighted by atomic mass is 16.5. The molecule has 31 heavy (non-hydrogen) atoms. The molecule has 0 aliphatic heterocycles. The Hall–Kier alpha value is -2.21. The second-order valence-electron chi connectivity index (χ2n) is 9.59. The van der Waals surface area contributed by atoms with E-state index in [1.807, 2.05) is 0 Å². The van der Waals surface area contributed by atoms with Gasteiger partial charge in [-0.1, -0.05) is 32.4 Å². The molecular formula is C25H36O6. The number of allylic oxidation sites excluding steroid dienone is 1. The Bertz CT molecular complexity index is 835. The van der Waals surface area contributed by atoms with Crippen molar-refractivity contribution in [2.24, 2.45) is 17.3 Å². The van der Waals surface area contributed by atoms with Crippen LogP contribution in [0.5, 0.6) is 17.2 Å². The number of carbonyl (C=O) groups is 1. The van der Waals surface area contributed by atoms with E-state index in [0.29, 0.717) is 29.2 Å². The van der Waals surface area contributed by atoms with Gasteiger partial charge in [0.25, 0.3) is 0 Å². The molecule has 1 saturated carbocycles. The van der Waals surface area contributed by atoms with E-state index in [2.05, 4.69) is 33.8 Å². The molecule has 0 heterocycles. The summed E-state index contributed by atoms with van der Waals surface area (Å²) in [5.41, 5.74) is 0.530. The molecule has 2 aliphatic rings. The molecule has 0 unspecified atom stereocenters. The number of methoxy groups -OCH3 is 3. The van der Waals surface area contributed by atoms with E-state index >= 15 is 0 Å². The Morgan fingerprint density at radius 3 is 2.23 bits per heavy atom. The summed E-state index contributed by atoms with van der Waals surface area (Å²) in [7, 11) is 4.55. The average Bonchev–Trinajstić information content (AvgIpc) is 2.95. The second kappa shape index (κ2) is 8.73. The van der Waals surface area contributed by atoms with Gasteiger partial charge in [0.1, 0.15) is 6.10 Å². The van der Waals surface area contributed by atoms with E-state index < -0.39 is 17.7 Å². The average molecular weight is 433 g/mol. The molecule has 1 aromatic rings. The van der Waals surface area contributed by atoms with Crippen molar-refractivity contribution in [2.45, 2.75) is 65.1 Å². The van der Waals surface area contributed by atoms with Crippen molar-refractivity contribution in [3.63, 3.8) is 0 Å². The Morgan fingerprint density at radius 2 is 1.71 bits per heavy atom. The van der Waals surface area contributed by atoms with E-state index in [-0.39, 0.29) is 17.3 Å². The second-order valence-corrected chi connectivity index (χ2v) is 9.59. The van der Waals surface area contributed by atoms with E-state index in [9.17, 15) is 9.90 Å². The number of rotatable bonds is 6. The van der Waals surface area contributed by atoms with Crippen LogP contribution in [0.1, 0.15) is 63.7 Å². The van der Waals surface area contributed by atoms with Crippen molar-refractivity contribution in [3.05, 3.63) is 29.3 Å². The van der Waals surface area contributed by atoms with Crippen LogP contribution >= 0.6 is 0 Å². The van der Waals surface area contributed by atoms with Gasteiger partial charge < -0.3 is 24.1 Å². The molecule has 0 bridgehead atoms. The van der Waals surface area contributed by atoms with E-state index in [1.165, 1.54) is 26.9 Å². The van der Waals surface area contributed by atoms with Crippen LogP contribution in [0.2, 0.25) is 0 Å². The van der Waals surface area contributed by atoms with Gasteiger partial charge in [-0.25, -0.2) is 4.79 Å². The third-order valence-electron chi connectivity index (χ3n) is 7.36. The quantitative estimate of drug-likeness (QED) is 0.515. The van der Waals surface area contributed by atoms with Crippen LogP contribution in [0.3, 0.4) is 0 Å². The van der Waals surface area contributed by atoms with Gasteiger partial charge in [-0.2, -0.15) is 0 Å². The molecule has 6 heteroatoms. The van der Waals surface area contributed by atoms with Crippen molar-refractivity contribution in [1.29, 1.82) is 0 Å². The fourth-order valence-corrected chi connectivity index (χ4v) is 5.49. The molecule has 1 aromatic carbocycles. The van der Waals surface area contributed by atoms with Crippen LogP contribution in [0.15, 0.2) is 23.8 Å². The van der Waals surface area contributed by atoms with Crippen LogP contribution in [-0.4, -0.2) is 44.1 Å². The number of benzene rings is 1. The molecule has 0 saturated heterocycles. The minimum Gasteiger partial charge on any atom is -0.493 e. The van der Waals surface area contributed by atoms with Crippen LogP contribution in [0.4, 0.5) is 0 Å². The van der Waals surface area contributed by atoms with Crippen LogP contribution in [0.25, 0.3) is 0 Å². The zero-order valence-corrected chi connectivity index (χ0v) is 19.8. The molecule has 1 N–H and O–H groups in total. The summed E-state index contributed by atoms with van der Waals surface area (Å²) in [6, 6.07) is 3.21. The minimum atomic E-state index is -0.868. The number of aliphatic hydroxyl groups is 1. The summed E-state index contributed by atoms with van der Waals surface area (Å²) in [6.45, 7) is 8.39. The molecule has 4 atom stereocenters. The third kappa shape index (κ3) is 4.14. The Morgan fingerprint density at radius 1 is 1.10 bits per heavy atom. The molecule has 2 aliphatic carbocycles. The van der Waals surface area contributed by atoms with Crippen molar-refractivity contribution < 1.29 is 28.8 Å². The topological polar surface area (TPSA) is 74.2 Å². The van der Waals surface area contributed by atoms with Crippen LogP contribution < -0.4 is 14.2 Å². The first kappa shape index (κ1) is 23.5. The number of ether oxygens (including phenoxy) is 4. The maximum Gasteiger partial charge on any atom is 0.338 e. The first-order valence-corrected chi connectivity index (χ1v) is 11.0. The monoisotopic (exact) mass is 432 g/mol. The van der Waals surface area contributed by atoms with Crippen molar-refractivity contribution in [3.8, 4) is 17.2 Å². The highest BCUT2D eigenvalue weighted by Crippen LogP contribution is 2.58. The van der Waals surface area contributed by atoms with Crippen LogP contribution in [0, 0.1) is 17.3 Å². The molecule has 0 amide bonds. The van der Waals surface area contributed by atoms with Gasteiger partial charge >= 0.3 is 5.97 Å². The minimum absolute atomic E-state index is 0.0695. The van der Waals surface area contributed by atoms with Crippen molar-refractivity contribution in [2.75, 3.05) is 21.3 Å². The van der Waals surface area contributed by atoms with Crippen molar-refractivity contribution >= 4 is 5.97 Å². The maximum atomic E-state index is 13.3. The van der Waals surface area contributed by atoms with Crippen molar-refractivity contribution in [1.82, 2.24) is 0 Å². The van der Waals surface area contributed by atoms with Gasteiger partial charge in [0.2, 0.25) is 5.75 Å². The zero-order chi connectivity index (χ0) is 23.0. The molecule has 6 nitrogen and oxygen atoms in total. The lowest BCUT2D eigenvalue weighted by Gasteiger charge is -2.43. The van der Waals surface area contributed by atoms with Gasteiger partial charge in [0.15, 0.2) is 11.5 Å². The fraction of sp³-hybridized carbons (Fsp3) is 0.640. The summed E-state index contributed by atoms with van der Waals surface area (Å²) in [5.74, 6) is 0.691. The molecule has 0 aromatic heterocycles. The first-order chi connectivity index (χ1) is 14.6. The van der Waals surface area contributed by atoms with E-state index in [1.54, 1.807) is 12.1 Å². The predicted octanol–water partition coefficient (Wildman–Crippen LogP) is 4.78. The Kier molecular flexibility index (Phi) is 6.61. The smallest absolute Gasteiger partial charge is 0.338 e. The van der Waals surface area contributed by atoms with Gasteiger partial charge in [0.05, 0.1) is 32.5 Å². The number of fused-ring (bicyclic) bond motifs is 1. The number of hydrogen-bond donors (Lipinski definition) is 1. The van der Waals surface area contributed by atoms with Gasteiger partial charge in [-0.3, -0.25) is 0 Å². The summed E-state index contributed by atoms with van der Waals surface area (Å²) in [5, 5.41) is 11.7. The molecule has 1 fully saturated rings. The third-order valence-corrected chi connectivity index (χ3v) is 7.36. The van der Waals surface area contributed by atoms with E-state index in [4.69, 9.17) is 18.9 Å². The highest BCUT2D eigenvalue weighted by Gasteiger charge is 2.59. The van der Waals surface area contributed by atoms with Gasteiger partial charge in [0, 0.05) is 12.3 Å². The SMILES string of the molecule is COc1cc(C(=O)O[C@@H]2CC(C)=CC[C@]3(C)CC[C@](O)(C(C)C)[C@@H]23)cc(OC)c1OC. The van der Waals surface area contributed by atoms with E-state index in [0.717, 1.165) is 19.3 Å². The summed E-state index contributed by atoms with van der Waals surface area (Å²) in [4.78, 5) is 13.3. The lowest BCUT2D eigenvalue weighted by atomic mass is 9.67. The van der Waals surface area contributed by atoms with Crippen LogP contribution in [-0.2, 0) is 4.74 Å². The largest absolute Gasteiger partial charge is 0.493 e. The lowest BCUT2D eigenvalue weighted by Crippen LogP contribution is -2.50. The van der Waals surface area contributed by atoms with Gasteiger partial charge in [-0.05, 0) is 49.7 Å². The molecule has 0 radical (unpaired) electrons. The number of carbonyl (C=O) groups excluding carboxylic acids is 1. The number of esters is 1. The Balaban J connectivity index is 1.97. The summed E-state index contributed by atoms with van der Waals surface area (Å²) in [6.07, 6.45) is 4.96. The lowest BCUT2D eigenvalue weighted by molar-refractivity contribution is -0.112.